The van der Waals surface area contributed by atoms with Crippen LogP contribution in [-0.2, 0) is 28.6 Å². The summed E-state index contributed by atoms with van der Waals surface area (Å²) in [6.45, 7) is 6.54. The lowest BCUT2D eigenvalue weighted by atomic mass is 10.1. The van der Waals surface area contributed by atoms with E-state index in [9.17, 15) is 14.4 Å². The molecule has 0 radical (unpaired) electrons. The number of rotatable bonds is 56. The number of hydrogen-bond acceptors (Lipinski definition) is 6. The highest BCUT2D eigenvalue weighted by atomic mass is 16.6. The Morgan fingerprint density at radius 3 is 0.800 bits per heavy atom. The second-order valence-electron chi connectivity index (χ2n) is 20.6. The van der Waals surface area contributed by atoms with Crippen LogP contribution in [0.3, 0.4) is 0 Å². The average molecular weight is 1040 g/mol. The Balaban J connectivity index is 4.51. The summed E-state index contributed by atoms with van der Waals surface area (Å²) in [4.78, 5) is 38.3. The number of unbranched alkanes of at least 4 members (excludes halogenated alkanes) is 27. The van der Waals surface area contributed by atoms with Crippen LogP contribution in [-0.4, -0.2) is 37.2 Å². The van der Waals surface area contributed by atoms with Crippen molar-refractivity contribution in [2.45, 2.75) is 297 Å². The van der Waals surface area contributed by atoms with Crippen molar-refractivity contribution in [2.24, 2.45) is 0 Å². The van der Waals surface area contributed by atoms with Gasteiger partial charge in [0.2, 0.25) is 0 Å². The van der Waals surface area contributed by atoms with Gasteiger partial charge in [-0.15, -0.1) is 0 Å². The molecule has 0 spiro atoms. The van der Waals surface area contributed by atoms with Gasteiger partial charge in [0.1, 0.15) is 13.2 Å². The molecule has 0 unspecified atom stereocenters. The van der Waals surface area contributed by atoms with Crippen LogP contribution in [0.5, 0.6) is 0 Å². The predicted molar refractivity (Wildman–Crippen MR) is 325 cm³/mol. The highest BCUT2D eigenvalue weighted by molar-refractivity contribution is 5.71. The molecule has 0 fully saturated rings. The molecule has 428 valence electrons. The van der Waals surface area contributed by atoms with Crippen molar-refractivity contribution in [3.8, 4) is 0 Å². The van der Waals surface area contributed by atoms with E-state index in [2.05, 4.69) is 130 Å². The van der Waals surface area contributed by atoms with Gasteiger partial charge in [0.15, 0.2) is 6.10 Å². The maximum Gasteiger partial charge on any atom is 0.306 e. The lowest BCUT2D eigenvalue weighted by molar-refractivity contribution is -0.167. The highest BCUT2D eigenvalue weighted by Crippen LogP contribution is 2.15. The van der Waals surface area contributed by atoms with Crippen LogP contribution in [0.1, 0.15) is 290 Å². The van der Waals surface area contributed by atoms with E-state index in [0.717, 1.165) is 109 Å². The van der Waals surface area contributed by atoms with Gasteiger partial charge in [-0.05, 0) is 135 Å². The van der Waals surface area contributed by atoms with Gasteiger partial charge in [-0.25, -0.2) is 0 Å². The fraction of sp³-hybridized carbons (Fsp3) is 0.696. The molecule has 75 heavy (non-hydrogen) atoms. The topological polar surface area (TPSA) is 78.9 Å². The summed E-state index contributed by atoms with van der Waals surface area (Å²) in [5.74, 6) is -0.963. The smallest absolute Gasteiger partial charge is 0.306 e. The van der Waals surface area contributed by atoms with E-state index < -0.39 is 6.10 Å². The first kappa shape index (κ1) is 71.1. The van der Waals surface area contributed by atoms with Gasteiger partial charge < -0.3 is 14.2 Å². The molecule has 6 heteroatoms. The number of esters is 3. The van der Waals surface area contributed by atoms with Gasteiger partial charge in [-0.2, -0.15) is 0 Å². The van der Waals surface area contributed by atoms with E-state index in [4.69, 9.17) is 14.2 Å². The largest absolute Gasteiger partial charge is 0.462 e. The van der Waals surface area contributed by atoms with E-state index in [-0.39, 0.29) is 37.5 Å². The van der Waals surface area contributed by atoms with Gasteiger partial charge in [-0.1, -0.05) is 246 Å². The monoisotopic (exact) mass is 1040 g/mol. The molecule has 0 aliphatic carbocycles. The van der Waals surface area contributed by atoms with Crippen LogP contribution in [0.15, 0.2) is 109 Å². The SMILES string of the molecule is CCCCC/C=C\C/C=C\C/C=C\C/C=C\CCCCCC(=O)OC[C@H](COC(=O)CCCCCCCCCCC/C=C\CCCCCCCC)OC(=O)CCCCC/C=C\C/C=C\C/C=C\C/C=C\CCCCC. The lowest BCUT2D eigenvalue weighted by Crippen LogP contribution is -2.30. The molecule has 0 bridgehead atoms. The molecule has 0 rings (SSSR count). The van der Waals surface area contributed by atoms with Crippen LogP contribution in [0.4, 0.5) is 0 Å². The van der Waals surface area contributed by atoms with Crippen molar-refractivity contribution in [3.63, 3.8) is 0 Å². The van der Waals surface area contributed by atoms with Crippen LogP contribution in [0, 0.1) is 0 Å². The zero-order valence-corrected chi connectivity index (χ0v) is 49.0. The van der Waals surface area contributed by atoms with E-state index in [1.165, 1.54) is 141 Å². The Morgan fingerprint density at radius 1 is 0.267 bits per heavy atom. The molecular weight excluding hydrogens is 925 g/mol. The Labute approximate surface area is 463 Å². The number of carbonyl (C=O) groups excluding carboxylic acids is 3. The predicted octanol–water partition coefficient (Wildman–Crippen LogP) is 21.4. The molecule has 0 aliphatic rings. The third-order valence-corrected chi connectivity index (χ3v) is 13.2. The minimum absolute atomic E-state index is 0.103. The standard InChI is InChI=1S/C69H116O6/c1-4-7-10-13-16-19-22-25-28-31-34-37-40-43-46-49-52-55-58-61-67(70)73-64-66(75-69(72)63-60-57-54-51-48-45-42-39-36-33-30-27-24-21-18-15-12-9-6-3)65-74-68(71)62-59-56-53-50-47-44-41-38-35-32-29-26-23-20-17-14-11-8-5-2/h16,18-19,21,25-30,34,36-37,39,43,45-46,48,66H,4-15,17,20,22-24,31-33,35,38,40-42,44,47,49-65H2,1-3H3/b19-16-,21-18-,28-25-,29-26-,30-27-,37-34-,39-36-,46-43-,48-45-/t66-/m1/s1. The third kappa shape index (κ3) is 60.8. The van der Waals surface area contributed by atoms with Crippen molar-refractivity contribution >= 4 is 17.9 Å². The molecule has 0 saturated heterocycles. The summed E-state index contributed by atoms with van der Waals surface area (Å²) in [7, 11) is 0. The van der Waals surface area contributed by atoms with Gasteiger partial charge in [-0.3, -0.25) is 14.4 Å². The highest BCUT2D eigenvalue weighted by Gasteiger charge is 2.19. The summed E-state index contributed by atoms with van der Waals surface area (Å²) < 4.78 is 16.9. The molecule has 0 aromatic rings. The van der Waals surface area contributed by atoms with Crippen LogP contribution in [0.25, 0.3) is 0 Å². The zero-order valence-electron chi connectivity index (χ0n) is 49.0. The molecule has 0 amide bonds. The molecule has 1 atom stereocenters. The van der Waals surface area contributed by atoms with Crippen LogP contribution < -0.4 is 0 Å². The number of hydrogen-bond donors (Lipinski definition) is 0. The third-order valence-electron chi connectivity index (χ3n) is 13.2. The maximum atomic E-state index is 12.9. The number of allylic oxidation sites excluding steroid dienone is 18. The average Bonchev–Trinajstić information content (AvgIpc) is 3.41. The summed E-state index contributed by atoms with van der Waals surface area (Å²) in [6.07, 6.45) is 85.1. The van der Waals surface area contributed by atoms with Crippen LogP contribution >= 0.6 is 0 Å². The Kier molecular flexibility index (Phi) is 59.3. The second-order valence-corrected chi connectivity index (χ2v) is 20.6. The Hall–Kier alpha value is -3.93. The first-order chi connectivity index (χ1) is 37.0. The normalized spacial score (nSPS) is 12.8. The molecule has 0 N–H and O–H groups in total. The molecule has 0 aromatic carbocycles. The lowest BCUT2D eigenvalue weighted by Gasteiger charge is -2.18. The molecule has 0 saturated carbocycles. The summed E-state index contributed by atoms with van der Waals surface area (Å²) in [5, 5.41) is 0. The summed E-state index contributed by atoms with van der Waals surface area (Å²) in [6, 6.07) is 0. The van der Waals surface area contributed by atoms with E-state index in [1.54, 1.807) is 0 Å². The first-order valence-electron chi connectivity index (χ1n) is 31.4. The molecule has 0 heterocycles. The Bertz CT molecular complexity index is 1520. The number of ether oxygens (including phenoxy) is 3. The van der Waals surface area contributed by atoms with Crippen molar-refractivity contribution in [3.05, 3.63) is 109 Å². The first-order valence-corrected chi connectivity index (χ1v) is 31.4. The van der Waals surface area contributed by atoms with Gasteiger partial charge >= 0.3 is 17.9 Å². The zero-order chi connectivity index (χ0) is 54.3. The van der Waals surface area contributed by atoms with E-state index in [0.29, 0.717) is 12.8 Å². The minimum Gasteiger partial charge on any atom is -0.462 e. The molecule has 0 aliphatic heterocycles. The van der Waals surface area contributed by atoms with Gasteiger partial charge in [0.25, 0.3) is 0 Å². The van der Waals surface area contributed by atoms with Gasteiger partial charge in [0.05, 0.1) is 0 Å². The molecule has 6 nitrogen and oxygen atoms in total. The van der Waals surface area contributed by atoms with Crippen molar-refractivity contribution in [1.29, 1.82) is 0 Å². The van der Waals surface area contributed by atoms with Crippen molar-refractivity contribution in [1.82, 2.24) is 0 Å². The fourth-order valence-corrected chi connectivity index (χ4v) is 8.46. The van der Waals surface area contributed by atoms with Crippen molar-refractivity contribution in [2.75, 3.05) is 13.2 Å². The summed E-state index contributed by atoms with van der Waals surface area (Å²) in [5.41, 5.74) is 0. The summed E-state index contributed by atoms with van der Waals surface area (Å²) >= 11 is 0. The molecule has 0 aromatic heterocycles. The quantitative estimate of drug-likeness (QED) is 0.0261. The Morgan fingerprint density at radius 2 is 0.480 bits per heavy atom. The molecular formula is C69H116O6. The maximum absolute atomic E-state index is 12.9. The number of carbonyl (C=O) groups is 3. The van der Waals surface area contributed by atoms with E-state index in [1.807, 2.05) is 0 Å². The van der Waals surface area contributed by atoms with Crippen LogP contribution in [0.2, 0.25) is 0 Å². The van der Waals surface area contributed by atoms with Gasteiger partial charge in [0, 0.05) is 19.3 Å². The van der Waals surface area contributed by atoms with E-state index >= 15 is 0 Å². The second kappa shape index (κ2) is 62.6. The minimum atomic E-state index is -0.812. The fourth-order valence-electron chi connectivity index (χ4n) is 8.46. The van der Waals surface area contributed by atoms with Crippen molar-refractivity contribution < 1.29 is 28.6 Å².